The van der Waals surface area contributed by atoms with E-state index in [0.717, 1.165) is 17.5 Å². The Hall–Kier alpha value is -1.92. The maximum atomic E-state index is 12.7. The summed E-state index contributed by atoms with van der Waals surface area (Å²) in [6, 6.07) is 7.86. The highest BCUT2D eigenvalue weighted by Crippen LogP contribution is 2.24. The molecule has 3 atom stereocenters. The first-order valence-electron chi connectivity index (χ1n) is 9.78. The van der Waals surface area contributed by atoms with Gasteiger partial charge in [0, 0.05) is 0 Å². The summed E-state index contributed by atoms with van der Waals surface area (Å²) in [7, 11) is 0. The predicted octanol–water partition coefficient (Wildman–Crippen LogP) is 4.13. The molecule has 0 aliphatic heterocycles. The number of carbonyl (C=O) groups is 2. The highest BCUT2D eigenvalue weighted by molar-refractivity contribution is 5.80. The first-order chi connectivity index (χ1) is 13.1. The quantitative estimate of drug-likeness (QED) is 0.537. The van der Waals surface area contributed by atoms with Crippen molar-refractivity contribution in [3.05, 3.63) is 35.4 Å². The molecule has 0 heterocycles. The minimum atomic E-state index is -1.31. The van der Waals surface area contributed by atoms with Crippen LogP contribution in [0.1, 0.15) is 58.6 Å². The van der Waals surface area contributed by atoms with E-state index in [-0.39, 0.29) is 25.9 Å². The van der Waals surface area contributed by atoms with Gasteiger partial charge in [0.1, 0.15) is 12.0 Å². The smallest absolute Gasteiger partial charge is 0.338 e. The van der Waals surface area contributed by atoms with Gasteiger partial charge in [0.05, 0.1) is 19.3 Å². The summed E-state index contributed by atoms with van der Waals surface area (Å²) in [5, 5.41) is 9.56. The molecule has 1 aromatic rings. The van der Waals surface area contributed by atoms with Crippen molar-refractivity contribution in [2.45, 2.75) is 72.7 Å². The van der Waals surface area contributed by atoms with Gasteiger partial charge in [-0.1, -0.05) is 43.7 Å². The van der Waals surface area contributed by atoms with Gasteiger partial charge >= 0.3 is 11.9 Å². The van der Waals surface area contributed by atoms with Crippen LogP contribution in [0, 0.1) is 12.3 Å². The Morgan fingerprint density at radius 2 is 1.71 bits per heavy atom. The maximum absolute atomic E-state index is 12.7. The molecule has 0 saturated heterocycles. The van der Waals surface area contributed by atoms with E-state index in [4.69, 9.17) is 14.2 Å². The van der Waals surface area contributed by atoms with E-state index in [1.807, 2.05) is 52.0 Å². The summed E-state index contributed by atoms with van der Waals surface area (Å²) in [5.74, 6) is -1.64. The molecule has 3 unspecified atom stereocenters. The fraction of sp³-hybridized carbons (Fsp3) is 0.636. The number of ether oxygens (including phenoxy) is 3. The Morgan fingerprint density at radius 3 is 2.21 bits per heavy atom. The summed E-state index contributed by atoms with van der Waals surface area (Å²) in [5.41, 5.74) is -0.364. The minimum Gasteiger partial charge on any atom is -0.481 e. The summed E-state index contributed by atoms with van der Waals surface area (Å²) in [6.07, 6.45) is 1.12. The SMILES string of the molecule is CCC(C)OCC(C)(COC(=O)C(C)(CC)OCc1ccc(C)cc1)C(=O)O. The van der Waals surface area contributed by atoms with E-state index in [2.05, 4.69) is 0 Å². The van der Waals surface area contributed by atoms with Crippen molar-refractivity contribution in [3.8, 4) is 0 Å². The summed E-state index contributed by atoms with van der Waals surface area (Å²) in [6.45, 7) is 10.8. The van der Waals surface area contributed by atoms with E-state index in [0.29, 0.717) is 6.42 Å². The summed E-state index contributed by atoms with van der Waals surface area (Å²) in [4.78, 5) is 24.3. The molecule has 0 aromatic heterocycles. The zero-order valence-electron chi connectivity index (χ0n) is 17.9. The van der Waals surface area contributed by atoms with Gasteiger partial charge < -0.3 is 19.3 Å². The second-order valence-corrected chi connectivity index (χ2v) is 7.83. The lowest BCUT2D eigenvalue weighted by atomic mass is 9.93. The normalized spacial score (nSPS) is 16.6. The Balaban J connectivity index is 2.71. The van der Waals surface area contributed by atoms with Gasteiger partial charge in [0.2, 0.25) is 0 Å². The van der Waals surface area contributed by atoms with Crippen LogP contribution in [0.15, 0.2) is 24.3 Å². The average Bonchev–Trinajstić information content (AvgIpc) is 2.69. The molecular weight excluding hydrogens is 360 g/mol. The molecular formula is C22H34O6. The molecule has 0 saturated carbocycles. The molecule has 0 fully saturated rings. The average molecular weight is 395 g/mol. The van der Waals surface area contributed by atoms with E-state index >= 15 is 0 Å². The van der Waals surface area contributed by atoms with Crippen molar-refractivity contribution in [2.75, 3.05) is 13.2 Å². The van der Waals surface area contributed by atoms with Gasteiger partial charge in [-0.3, -0.25) is 4.79 Å². The molecule has 28 heavy (non-hydrogen) atoms. The van der Waals surface area contributed by atoms with Crippen molar-refractivity contribution < 1.29 is 28.9 Å². The molecule has 6 nitrogen and oxygen atoms in total. The van der Waals surface area contributed by atoms with Gasteiger partial charge in [-0.15, -0.1) is 0 Å². The molecule has 0 aliphatic rings. The largest absolute Gasteiger partial charge is 0.481 e. The predicted molar refractivity (Wildman–Crippen MR) is 107 cm³/mol. The number of carbonyl (C=O) groups excluding carboxylic acids is 1. The Kier molecular flexibility index (Phi) is 9.11. The molecule has 158 valence electrons. The van der Waals surface area contributed by atoms with Crippen molar-refractivity contribution in [2.24, 2.45) is 5.41 Å². The van der Waals surface area contributed by atoms with Gasteiger partial charge in [-0.2, -0.15) is 0 Å². The maximum Gasteiger partial charge on any atom is 0.338 e. The van der Waals surface area contributed by atoms with Crippen LogP contribution in [0.2, 0.25) is 0 Å². The fourth-order valence-electron chi connectivity index (χ4n) is 2.22. The third-order valence-electron chi connectivity index (χ3n) is 5.08. The standard InChI is InChI=1S/C22H34O6/c1-7-17(4)26-14-21(5,19(23)24)15-27-20(25)22(6,8-2)28-13-18-11-9-16(3)10-12-18/h9-12,17H,7-8,13-15H2,1-6H3,(H,23,24). The highest BCUT2D eigenvalue weighted by Gasteiger charge is 2.40. The molecule has 1 rings (SSSR count). The van der Waals surface area contributed by atoms with Crippen LogP contribution < -0.4 is 0 Å². The second kappa shape index (κ2) is 10.6. The number of carboxylic acid groups (broad SMARTS) is 1. The lowest BCUT2D eigenvalue weighted by molar-refractivity contribution is -0.181. The number of esters is 1. The third-order valence-corrected chi connectivity index (χ3v) is 5.08. The van der Waals surface area contributed by atoms with Crippen LogP contribution in [0.25, 0.3) is 0 Å². The van der Waals surface area contributed by atoms with E-state index in [9.17, 15) is 14.7 Å². The van der Waals surface area contributed by atoms with Crippen LogP contribution in [-0.4, -0.2) is 42.0 Å². The fourth-order valence-corrected chi connectivity index (χ4v) is 2.22. The van der Waals surface area contributed by atoms with Crippen LogP contribution in [0.4, 0.5) is 0 Å². The van der Waals surface area contributed by atoms with Gasteiger partial charge in [0.25, 0.3) is 0 Å². The van der Waals surface area contributed by atoms with E-state index < -0.39 is 23.0 Å². The molecule has 1 aromatic carbocycles. The molecule has 0 spiro atoms. The zero-order chi connectivity index (χ0) is 21.4. The number of rotatable bonds is 12. The second-order valence-electron chi connectivity index (χ2n) is 7.83. The van der Waals surface area contributed by atoms with Crippen LogP contribution in [0.3, 0.4) is 0 Å². The van der Waals surface area contributed by atoms with Crippen molar-refractivity contribution >= 4 is 11.9 Å². The minimum absolute atomic E-state index is 0.0301. The monoisotopic (exact) mass is 394 g/mol. The van der Waals surface area contributed by atoms with Gasteiger partial charge in [-0.05, 0) is 46.1 Å². The highest BCUT2D eigenvalue weighted by atomic mass is 16.6. The van der Waals surface area contributed by atoms with Gasteiger partial charge in [-0.25, -0.2) is 4.79 Å². The first kappa shape index (κ1) is 24.1. The van der Waals surface area contributed by atoms with Crippen molar-refractivity contribution in [3.63, 3.8) is 0 Å². The van der Waals surface area contributed by atoms with Crippen LogP contribution in [-0.2, 0) is 30.4 Å². The number of carboxylic acids is 1. The number of aryl methyl sites for hydroxylation is 1. The number of hydrogen-bond donors (Lipinski definition) is 1. The zero-order valence-corrected chi connectivity index (χ0v) is 17.9. The van der Waals surface area contributed by atoms with Gasteiger partial charge in [0.15, 0.2) is 5.60 Å². The molecule has 1 N–H and O–H groups in total. The van der Waals surface area contributed by atoms with Crippen molar-refractivity contribution in [1.82, 2.24) is 0 Å². The number of aliphatic carboxylic acids is 1. The Morgan fingerprint density at radius 1 is 1.11 bits per heavy atom. The van der Waals surface area contributed by atoms with Crippen LogP contribution >= 0.6 is 0 Å². The molecule has 0 aliphatic carbocycles. The van der Waals surface area contributed by atoms with Crippen LogP contribution in [0.5, 0.6) is 0 Å². The number of benzene rings is 1. The topological polar surface area (TPSA) is 82.1 Å². The Labute approximate surface area is 168 Å². The van der Waals surface area contributed by atoms with Crippen molar-refractivity contribution in [1.29, 1.82) is 0 Å². The molecule has 0 amide bonds. The molecule has 0 radical (unpaired) electrons. The van der Waals surface area contributed by atoms with E-state index in [1.165, 1.54) is 6.92 Å². The third kappa shape index (κ3) is 6.91. The van der Waals surface area contributed by atoms with E-state index in [1.54, 1.807) is 6.92 Å². The summed E-state index contributed by atoms with van der Waals surface area (Å²) >= 11 is 0. The lowest BCUT2D eigenvalue weighted by Gasteiger charge is -2.30. The first-order valence-corrected chi connectivity index (χ1v) is 9.78. The summed E-state index contributed by atoms with van der Waals surface area (Å²) < 4.78 is 16.8. The number of hydrogen-bond acceptors (Lipinski definition) is 5. The lowest BCUT2D eigenvalue weighted by Crippen LogP contribution is -2.44. The molecule has 6 heteroatoms. The molecule has 0 bridgehead atoms. The Bertz CT molecular complexity index is 641.